The van der Waals surface area contributed by atoms with E-state index in [2.05, 4.69) is 15.2 Å². The van der Waals surface area contributed by atoms with Crippen LogP contribution in [0.3, 0.4) is 0 Å². The van der Waals surface area contributed by atoms with Gasteiger partial charge in [-0.2, -0.15) is 13.2 Å². The Kier molecular flexibility index (Phi) is 8.59. The molecule has 0 radical (unpaired) electrons. The van der Waals surface area contributed by atoms with Crippen LogP contribution in [0.5, 0.6) is 5.75 Å². The van der Waals surface area contributed by atoms with Crippen molar-refractivity contribution in [2.24, 2.45) is 0 Å². The van der Waals surface area contributed by atoms with Crippen molar-refractivity contribution >= 4 is 23.2 Å². The first-order valence-electron chi connectivity index (χ1n) is 13.3. The number of nitro groups is 1. The van der Waals surface area contributed by atoms with E-state index in [9.17, 15) is 28.1 Å². The molecule has 0 atom stereocenters. The summed E-state index contributed by atoms with van der Waals surface area (Å²) in [4.78, 5) is 30.5. The zero-order valence-corrected chi connectivity index (χ0v) is 22.7. The Balaban J connectivity index is 1.28. The highest BCUT2D eigenvalue weighted by Gasteiger charge is 2.38. The van der Waals surface area contributed by atoms with E-state index in [1.54, 1.807) is 17.3 Å². The quantitative estimate of drug-likeness (QED) is 0.342. The average molecular weight is 566 g/mol. The Morgan fingerprint density at radius 1 is 1.05 bits per heavy atom. The topological polar surface area (TPSA) is 110 Å². The second-order valence-electron chi connectivity index (χ2n) is 11.1. The number of halogens is 3. The fourth-order valence-electron chi connectivity index (χ4n) is 4.88. The summed E-state index contributed by atoms with van der Waals surface area (Å²) >= 11 is 0. The first kappa shape index (κ1) is 29.2. The molecule has 0 spiro atoms. The van der Waals surface area contributed by atoms with Crippen molar-refractivity contribution in [1.82, 2.24) is 9.88 Å². The Bertz CT molecular complexity index is 1200. The summed E-state index contributed by atoms with van der Waals surface area (Å²) in [5.41, 5.74) is -1.67. The van der Waals surface area contributed by atoms with Gasteiger partial charge in [0.1, 0.15) is 16.9 Å². The van der Waals surface area contributed by atoms with Gasteiger partial charge in [-0.25, -0.2) is 4.79 Å². The Morgan fingerprint density at radius 3 is 2.33 bits per heavy atom. The number of rotatable bonds is 6. The third-order valence-corrected chi connectivity index (χ3v) is 6.84. The highest BCUT2D eigenvalue weighted by molar-refractivity contribution is 5.68. The lowest BCUT2D eigenvalue weighted by Gasteiger charge is -2.36. The lowest BCUT2D eigenvalue weighted by molar-refractivity contribution is -0.388. The van der Waals surface area contributed by atoms with Crippen LogP contribution in [0, 0.1) is 10.1 Å². The van der Waals surface area contributed by atoms with Crippen LogP contribution in [0.2, 0.25) is 0 Å². The Hall–Kier alpha value is -3.77. The fourth-order valence-corrected chi connectivity index (χ4v) is 4.88. The molecule has 2 aromatic rings. The third kappa shape index (κ3) is 7.66. The van der Waals surface area contributed by atoms with Crippen molar-refractivity contribution in [3.8, 4) is 5.75 Å². The van der Waals surface area contributed by atoms with E-state index in [1.807, 2.05) is 26.8 Å². The van der Waals surface area contributed by atoms with Crippen LogP contribution in [-0.2, 0) is 10.9 Å². The summed E-state index contributed by atoms with van der Waals surface area (Å²) in [6, 6.07) is 4.84. The van der Waals surface area contributed by atoms with Crippen LogP contribution >= 0.6 is 0 Å². The molecule has 0 bridgehead atoms. The summed E-state index contributed by atoms with van der Waals surface area (Å²) < 4.78 is 51.5. The molecule has 218 valence electrons. The number of amides is 1. The number of ether oxygens (including phenoxy) is 2. The Morgan fingerprint density at radius 2 is 1.73 bits per heavy atom. The van der Waals surface area contributed by atoms with Crippen LogP contribution in [-0.4, -0.2) is 64.8 Å². The largest absolute Gasteiger partial charge is 0.489 e. The van der Waals surface area contributed by atoms with Crippen LogP contribution in [0.25, 0.3) is 0 Å². The number of pyridine rings is 1. The maximum absolute atomic E-state index is 13.3. The lowest BCUT2D eigenvalue weighted by atomic mass is 9.92. The average Bonchev–Trinajstić information content (AvgIpc) is 2.88. The molecule has 1 aliphatic carbocycles. The monoisotopic (exact) mass is 565 g/mol. The fraction of sp³-hybridized carbons (Fsp3) is 0.556. The van der Waals surface area contributed by atoms with Crippen LogP contribution < -0.4 is 15.0 Å². The van der Waals surface area contributed by atoms with E-state index in [0.29, 0.717) is 57.6 Å². The number of hydrogen-bond acceptors (Lipinski definition) is 8. The first-order chi connectivity index (χ1) is 18.8. The molecule has 2 aliphatic rings. The number of benzene rings is 1. The van der Waals surface area contributed by atoms with E-state index in [4.69, 9.17) is 9.47 Å². The number of piperazine rings is 1. The number of nitrogens with zero attached hydrogens (tertiary/aromatic N) is 4. The molecule has 1 aromatic heterocycles. The van der Waals surface area contributed by atoms with Gasteiger partial charge in [0.15, 0.2) is 0 Å². The number of nitrogens with one attached hydrogen (secondary N) is 1. The predicted molar refractivity (Wildman–Crippen MR) is 143 cm³/mol. The van der Waals surface area contributed by atoms with Gasteiger partial charge in [-0.05, 0) is 58.6 Å². The second kappa shape index (κ2) is 11.8. The number of nitro benzene ring substituents is 1. The minimum absolute atomic E-state index is 0.0679. The summed E-state index contributed by atoms with van der Waals surface area (Å²) in [5.74, 6) is 0.633. The van der Waals surface area contributed by atoms with Crippen molar-refractivity contribution in [2.75, 3.05) is 36.4 Å². The number of aromatic nitrogens is 1. The van der Waals surface area contributed by atoms with E-state index in [-0.39, 0.29) is 23.9 Å². The van der Waals surface area contributed by atoms with Gasteiger partial charge >= 0.3 is 12.3 Å². The molecule has 1 aliphatic heterocycles. The molecule has 4 rings (SSSR count). The zero-order valence-electron chi connectivity index (χ0n) is 22.7. The molecule has 1 aromatic carbocycles. The minimum Gasteiger partial charge on any atom is -0.489 e. The van der Waals surface area contributed by atoms with Gasteiger partial charge in [-0.15, -0.1) is 0 Å². The van der Waals surface area contributed by atoms with E-state index >= 15 is 0 Å². The summed E-state index contributed by atoms with van der Waals surface area (Å²) in [6.45, 7) is 7.88. The van der Waals surface area contributed by atoms with Crippen molar-refractivity contribution < 1.29 is 32.4 Å². The maximum atomic E-state index is 13.3. The molecule has 1 saturated carbocycles. The van der Waals surface area contributed by atoms with E-state index in [0.717, 1.165) is 17.8 Å². The van der Waals surface area contributed by atoms with Crippen molar-refractivity contribution in [2.45, 2.75) is 70.4 Å². The van der Waals surface area contributed by atoms with Gasteiger partial charge in [0.25, 0.3) is 5.69 Å². The van der Waals surface area contributed by atoms with Crippen molar-refractivity contribution in [3.63, 3.8) is 0 Å². The molecular weight excluding hydrogens is 531 g/mol. The number of alkyl halides is 3. The van der Waals surface area contributed by atoms with Crippen LogP contribution in [0.1, 0.15) is 52.0 Å². The molecule has 10 nitrogen and oxygen atoms in total. The maximum Gasteiger partial charge on any atom is 0.423 e. The zero-order chi connectivity index (χ0) is 29.1. The predicted octanol–water partition coefficient (Wildman–Crippen LogP) is 5.87. The number of anilines is 2. The van der Waals surface area contributed by atoms with Gasteiger partial charge in [-0.3, -0.25) is 15.1 Å². The summed E-state index contributed by atoms with van der Waals surface area (Å²) in [5, 5.41) is 14.1. The second-order valence-corrected chi connectivity index (χ2v) is 11.1. The molecule has 2 fully saturated rings. The molecule has 0 unspecified atom stereocenters. The molecule has 1 amide bonds. The molecular formula is C27H34F3N5O5. The number of hydrogen-bond donors (Lipinski definition) is 1. The molecule has 40 heavy (non-hydrogen) atoms. The summed E-state index contributed by atoms with van der Waals surface area (Å²) in [6.07, 6.45) is 0.927. The normalized spacial score (nSPS) is 20.1. The smallest absolute Gasteiger partial charge is 0.423 e. The SMILES string of the molecule is CC(C)(C)OC(=O)N1CCN(c2cncc(O[C@H]3CC[C@H](Nc4ccc([N+](=O)[O-])c(C(F)(F)F)c4)CC3)c2)CC1. The summed E-state index contributed by atoms with van der Waals surface area (Å²) in [7, 11) is 0. The van der Waals surface area contributed by atoms with Gasteiger partial charge in [0, 0.05) is 50.0 Å². The third-order valence-electron chi connectivity index (χ3n) is 6.84. The molecule has 1 N–H and O–H groups in total. The highest BCUT2D eigenvalue weighted by Crippen LogP contribution is 2.38. The van der Waals surface area contributed by atoms with Gasteiger partial charge < -0.3 is 24.6 Å². The molecule has 1 saturated heterocycles. The van der Waals surface area contributed by atoms with Crippen molar-refractivity contribution in [1.29, 1.82) is 0 Å². The first-order valence-corrected chi connectivity index (χ1v) is 13.3. The van der Waals surface area contributed by atoms with Crippen molar-refractivity contribution in [3.05, 3.63) is 52.3 Å². The molecule has 2 heterocycles. The van der Waals surface area contributed by atoms with Gasteiger partial charge in [-0.1, -0.05) is 0 Å². The van der Waals surface area contributed by atoms with E-state index < -0.39 is 28.0 Å². The Labute approximate surface area is 230 Å². The number of carbonyl (C=O) groups is 1. The lowest BCUT2D eigenvalue weighted by Crippen LogP contribution is -2.50. The minimum atomic E-state index is -4.82. The van der Waals surface area contributed by atoms with E-state index in [1.165, 1.54) is 6.07 Å². The van der Waals surface area contributed by atoms with Gasteiger partial charge in [0.2, 0.25) is 0 Å². The van der Waals surface area contributed by atoms with Gasteiger partial charge in [0.05, 0.1) is 29.1 Å². The number of carbonyl (C=O) groups excluding carboxylic acids is 1. The standard InChI is InChI=1S/C27H34F3N5O5/c1-26(2,3)40-25(36)34-12-10-33(11-13-34)20-15-22(17-31-16-20)39-21-7-4-18(5-8-21)32-19-6-9-24(35(37)38)23(14-19)27(28,29)30/h6,9,14-18,21,32H,4-5,7-8,10-13H2,1-3H3/t18-,21-. The van der Waals surface area contributed by atoms with Crippen LogP contribution in [0.4, 0.5) is 35.0 Å². The van der Waals surface area contributed by atoms with Crippen LogP contribution in [0.15, 0.2) is 36.7 Å². The molecule has 13 heteroatoms. The highest BCUT2D eigenvalue weighted by atomic mass is 19.4.